The molecule has 110 valence electrons. The van der Waals surface area contributed by atoms with Gasteiger partial charge in [0.25, 0.3) is 0 Å². The zero-order valence-electron chi connectivity index (χ0n) is 12.3. The van der Waals surface area contributed by atoms with E-state index in [1.54, 1.807) is 0 Å². The molecule has 0 aromatic heterocycles. The Balaban J connectivity index is 1.79. The number of amides is 1. The fourth-order valence-corrected chi connectivity index (χ4v) is 3.53. The van der Waals surface area contributed by atoms with E-state index in [1.165, 1.54) is 19.3 Å². The number of rotatable bonds is 4. The maximum Gasteiger partial charge on any atom is 0.220 e. The quantitative estimate of drug-likeness (QED) is 0.811. The molecule has 1 aliphatic heterocycles. The molecule has 19 heavy (non-hydrogen) atoms. The lowest BCUT2D eigenvalue weighted by atomic mass is 9.71. The molecule has 2 fully saturated rings. The van der Waals surface area contributed by atoms with Crippen molar-refractivity contribution in [3.63, 3.8) is 0 Å². The molecule has 0 aromatic rings. The molecule has 0 radical (unpaired) electrons. The third-order valence-corrected chi connectivity index (χ3v) is 4.97. The van der Waals surface area contributed by atoms with Gasteiger partial charge in [0.1, 0.15) is 0 Å². The summed E-state index contributed by atoms with van der Waals surface area (Å²) < 4.78 is 0. The standard InChI is InChI=1S/C15H29N3O/c1-18-9-5-13(6-10-18)17-14(19)11-15(12-16)7-3-2-4-8-15/h13H,2-12,16H2,1H3,(H,17,19). The highest BCUT2D eigenvalue weighted by molar-refractivity contribution is 5.77. The predicted octanol–water partition coefficient (Wildman–Crippen LogP) is 1.50. The molecule has 0 spiro atoms. The Morgan fingerprint density at radius 3 is 2.47 bits per heavy atom. The second-order valence-electron chi connectivity index (χ2n) is 6.59. The van der Waals surface area contributed by atoms with Crippen molar-refractivity contribution in [2.24, 2.45) is 11.1 Å². The van der Waals surface area contributed by atoms with Crippen LogP contribution in [-0.2, 0) is 4.79 Å². The van der Waals surface area contributed by atoms with E-state index in [-0.39, 0.29) is 11.3 Å². The Morgan fingerprint density at radius 1 is 1.26 bits per heavy atom. The molecule has 1 saturated heterocycles. The maximum absolute atomic E-state index is 12.2. The summed E-state index contributed by atoms with van der Waals surface area (Å²) in [6, 6.07) is 0.377. The number of likely N-dealkylation sites (tertiary alicyclic amines) is 1. The topological polar surface area (TPSA) is 58.4 Å². The molecular formula is C15H29N3O. The van der Waals surface area contributed by atoms with Crippen LogP contribution in [0.15, 0.2) is 0 Å². The molecule has 3 N–H and O–H groups in total. The van der Waals surface area contributed by atoms with Crippen molar-refractivity contribution in [3.05, 3.63) is 0 Å². The molecule has 1 saturated carbocycles. The van der Waals surface area contributed by atoms with Crippen LogP contribution in [0.4, 0.5) is 0 Å². The second-order valence-corrected chi connectivity index (χ2v) is 6.59. The Bertz CT molecular complexity index is 292. The van der Waals surface area contributed by atoms with Gasteiger partial charge >= 0.3 is 0 Å². The molecule has 0 bridgehead atoms. The van der Waals surface area contributed by atoms with E-state index in [2.05, 4.69) is 17.3 Å². The van der Waals surface area contributed by atoms with E-state index in [4.69, 9.17) is 5.73 Å². The summed E-state index contributed by atoms with van der Waals surface area (Å²) in [5.74, 6) is 0.224. The van der Waals surface area contributed by atoms with Gasteiger partial charge in [0, 0.05) is 12.5 Å². The van der Waals surface area contributed by atoms with Crippen molar-refractivity contribution in [1.82, 2.24) is 10.2 Å². The molecule has 4 nitrogen and oxygen atoms in total. The van der Waals surface area contributed by atoms with Gasteiger partial charge in [0.05, 0.1) is 0 Å². The van der Waals surface area contributed by atoms with E-state index < -0.39 is 0 Å². The van der Waals surface area contributed by atoms with Gasteiger partial charge < -0.3 is 16.0 Å². The Hall–Kier alpha value is -0.610. The molecule has 0 atom stereocenters. The first-order valence-corrected chi connectivity index (χ1v) is 7.81. The van der Waals surface area contributed by atoms with Crippen molar-refractivity contribution in [2.75, 3.05) is 26.7 Å². The summed E-state index contributed by atoms with van der Waals surface area (Å²) in [4.78, 5) is 14.6. The zero-order chi connectivity index (χ0) is 13.7. The zero-order valence-corrected chi connectivity index (χ0v) is 12.3. The van der Waals surface area contributed by atoms with E-state index >= 15 is 0 Å². The maximum atomic E-state index is 12.2. The molecule has 1 amide bonds. The second kappa shape index (κ2) is 6.71. The van der Waals surface area contributed by atoms with Crippen molar-refractivity contribution in [1.29, 1.82) is 0 Å². The third kappa shape index (κ3) is 4.18. The number of piperidine rings is 1. The highest BCUT2D eigenvalue weighted by Crippen LogP contribution is 2.38. The average molecular weight is 267 g/mol. The van der Waals surface area contributed by atoms with Gasteiger partial charge in [0.15, 0.2) is 0 Å². The van der Waals surface area contributed by atoms with Crippen LogP contribution in [-0.4, -0.2) is 43.5 Å². The molecule has 4 heteroatoms. The van der Waals surface area contributed by atoms with Crippen molar-refractivity contribution < 1.29 is 4.79 Å². The lowest BCUT2D eigenvalue weighted by molar-refractivity contribution is -0.124. The summed E-state index contributed by atoms with van der Waals surface area (Å²) in [7, 11) is 2.14. The highest BCUT2D eigenvalue weighted by atomic mass is 16.1. The monoisotopic (exact) mass is 267 g/mol. The van der Waals surface area contributed by atoms with Crippen LogP contribution in [0, 0.1) is 5.41 Å². The van der Waals surface area contributed by atoms with Crippen molar-refractivity contribution in [2.45, 2.75) is 57.4 Å². The number of carbonyl (C=O) groups is 1. The Labute approximate surface area is 117 Å². The number of hydrogen-bond acceptors (Lipinski definition) is 3. The minimum Gasteiger partial charge on any atom is -0.353 e. The summed E-state index contributed by atoms with van der Waals surface area (Å²) in [6.07, 6.45) is 8.83. The minimum absolute atomic E-state index is 0.0911. The van der Waals surface area contributed by atoms with Crippen molar-refractivity contribution in [3.8, 4) is 0 Å². The molecule has 0 unspecified atom stereocenters. The number of carbonyl (C=O) groups excluding carboxylic acids is 1. The van der Waals surface area contributed by atoms with Gasteiger partial charge in [0.2, 0.25) is 5.91 Å². The summed E-state index contributed by atoms with van der Waals surface area (Å²) in [5, 5.41) is 3.22. The Morgan fingerprint density at radius 2 is 1.89 bits per heavy atom. The largest absolute Gasteiger partial charge is 0.353 e. The molecule has 2 aliphatic rings. The number of nitrogens with zero attached hydrogens (tertiary/aromatic N) is 1. The van der Waals surface area contributed by atoms with Crippen LogP contribution in [0.2, 0.25) is 0 Å². The first kappa shape index (κ1) is 14.8. The first-order chi connectivity index (χ1) is 9.13. The Kier molecular flexibility index (Phi) is 5.22. The van der Waals surface area contributed by atoms with Crippen LogP contribution in [0.3, 0.4) is 0 Å². The van der Waals surface area contributed by atoms with Gasteiger partial charge in [-0.1, -0.05) is 19.3 Å². The van der Waals surface area contributed by atoms with Gasteiger partial charge in [-0.3, -0.25) is 4.79 Å². The normalized spacial score (nSPS) is 25.2. The fraction of sp³-hybridized carbons (Fsp3) is 0.933. The molecule has 2 rings (SSSR count). The van der Waals surface area contributed by atoms with Crippen LogP contribution in [0.1, 0.15) is 51.4 Å². The highest BCUT2D eigenvalue weighted by Gasteiger charge is 2.33. The minimum atomic E-state index is 0.0911. The van der Waals surface area contributed by atoms with E-state index in [0.717, 1.165) is 38.8 Å². The van der Waals surface area contributed by atoms with E-state index in [1.807, 2.05) is 0 Å². The van der Waals surface area contributed by atoms with Crippen molar-refractivity contribution >= 4 is 5.91 Å². The van der Waals surface area contributed by atoms with Gasteiger partial charge in [-0.05, 0) is 57.8 Å². The number of nitrogens with two attached hydrogens (primary N) is 1. The van der Waals surface area contributed by atoms with Crippen LogP contribution < -0.4 is 11.1 Å². The summed E-state index contributed by atoms with van der Waals surface area (Å²) in [6.45, 7) is 2.84. The van der Waals surface area contributed by atoms with Crippen LogP contribution in [0.25, 0.3) is 0 Å². The van der Waals surface area contributed by atoms with Crippen LogP contribution in [0.5, 0.6) is 0 Å². The summed E-state index contributed by atoms with van der Waals surface area (Å²) in [5.41, 5.74) is 6.04. The van der Waals surface area contributed by atoms with Gasteiger partial charge in [-0.2, -0.15) is 0 Å². The third-order valence-electron chi connectivity index (χ3n) is 4.97. The SMILES string of the molecule is CN1CCC(NC(=O)CC2(CN)CCCCC2)CC1. The number of hydrogen-bond donors (Lipinski definition) is 2. The predicted molar refractivity (Wildman–Crippen MR) is 77.9 cm³/mol. The average Bonchev–Trinajstić information content (AvgIpc) is 2.42. The fourth-order valence-electron chi connectivity index (χ4n) is 3.53. The smallest absolute Gasteiger partial charge is 0.220 e. The molecule has 1 heterocycles. The lowest BCUT2D eigenvalue weighted by Gasteiger charge is -2.36. The lowest BCUT2D eigenvalue weighted by Crippen LogP contribution is -2.46. The molecular weight excluding hydrogens is 238 g/mol. The van der Waals surface area contributed by atoms with E-state index in [0.29, 0.717) is 19.0 Å². The molecule has 1 aliphatic carbocycles. The first-order valence-electron chi connectivity index (χ1n) is 7.81. The van der Waals surface area contributed by atoms with Gasteiger partial charge in [-0.15, -0.1) is 0 Å². The van der Waals surface area contributed by atoms with Crippen LogP contribution >= 0.6 is 0 Å². The number of nitrogens with one attached hydrogen (secondary N) is 1. The van der Waals surface area contributed by atoms with E-state index in [9.17, 15) is 4.79 Å². The van der Waals surface area contributed by atoms with Gasteiger partial charge in [-0.25, -0.2) is 0 Å². The molecule has 0 aromatic carbocycles. The summed E-state index contributed by atoms with van der Waals surface area (Å²) >= 11 is 0.